The predicted molar refractivity (Wildman–Crippen MR) is 149 cm³/mol. The fourth-order valence-corrected chi connectivity index (χ4v) is 5.76. The van der Waals surface area contributed by atoms with E-state index in [1.54, 1.807) is 6.07 Å². The van der Waals surface area contributed by atoms with Gasteiger partial charge in [-0.1, -0.05) is 30.3 Å². The topological polar surface area (TPSA) is 173 Å². The molecule has 2 aliphatic rings. The van der Waals surface area contributed by atoms with E-state index in [-0.39, 0.29) is 13.0 Å². The zero-order valence-electron chi connectivity index (χ0n) is 22.9. The summed E-state index contributed by atoms with van der Waals surface area (Å²) in [7, 11) is 0. The maximum Gasteiger partial charge on any atom is 0.113 e. The van der Waals surface area contributed by atoms with Crippen molar-refractivity contribution in [3.63, 3.8) is 0 Å². The number of benzene rings is 2. The Bertz CT molecular complexity index is 1370. The van der Waals surface area contributed by atoms with Crippen LogP contribution in [0.3, 0.4) is 0 Å². The van der Waals surface area contributed by atoms with E-state index in [1.807, 2.05) is 62.4 Å². The van der Waals surface area contributed by atoms with Crippen molar-refractivity contribution in [1.82, 2.24) is 4.98 Å². The number of aryl methyl sites for hydroxylation is 2. The third-order valence-corrected chi connectivity index (χ3v) is 8.15. The highest BCUT2D eigenvalue weighted by Gasteiger charge is 2.44. The number of aliphatic hydroxyl groups excluding tert-OH is 7. The van der Waals surface area contributed by atoms with Crippen molar-refractivity contribution in [3.8, 4) is 22.5 Å². The van der Waals surface area contributed by atoms with Gasteiger partial charge in [-0.05, 0) is 60.4 Å². The van der Waals surface area contributed by atoms with Crippen LogP contribution in [0.15, 0.2) is 54.6 Å². The maximum atomic E-state index is 10.6. The van der Waals surface area contributed by atoms with Gasteiger partial charge >= 0.3 is 0 Å². The van der Waals surface area contributed by atoms with Crippen LogP contribution < -0.4 is 0 Å². The van der Waals surface area contributed by atoms with E-state index in [4.69, 9.17) is 14.5 Å². The lowest BCUT2D eigenvalue weighted by atomic mass is 9.88. The summed E-state index contributed by atoms with van der Waals surface area (Å²) < 4.78 is 11.5. The first-order valence-electron chi connectivity index (χ1n) is 13.7. The smallest absolute Gasteiger partial charge is 0.113 e. The number of hydrogen-bond donors (Lipinski definition) is 7. The molecule has 220 valence electrons. The van der Waals surface area contributed by atoms with E-state index in [1.165, 1.54) is 0 Å². The number of hydrogen-bond acceptors (Lipinski definition) is 10. The van der Waals surface area contributed by atoms with Gasteiger partial charge in [0.25, 0.3) is 0 Å². The number of rotatable bonds is 6. The van der Waals surface area contributed by atoms with Gasteiger partial charge in [-0.15, -0.1) is 0 Å². The van der Waals surface area contributed by atoms with Gasteiger partial charge in [0.1, 0.15) is 42.7 Å². The summed E-state index contributed by atoms with van der Waals surface area (Å²) in [6.45, 7) is 2.95. The Balaban J connectivity index is 1.38. The van der Waals surface area contributed by atoms with Crippen molar-refractivity contribution in [2.75, 3.05) is 13.2 Å². The number of aromatic nitrogens is 1. The first kappa shape index (κ1) is 29.7. The average molecular weight is 568 g/mol. The minimum absolute atomic E-state index is 0.120. The molecule has 2 saturated heterocycles. The lowest BCUT2D eigenvalue weighted by molar-refractivity contribution is -0.231. The van der Waals surface area contributed by atoms with Gasteiger partial charge in [-0.25, -0.2) is 4.98 Å². The van der Waals surface area contributed by atoms with Crippen molar-refractivity contribution in [2.45, 2.75) is 75.2 Å². The SMILES string of the molecule is Cc1cc(-c2cccc(-c3ccc([C@H]4OC(CO)[C@@H](O)C(O)C4O)c(C)c3)n2)ccc1C1O[C@H](CO)C(O)C[C@@H]1O. The van der Waals surface area contributed by atoms with Crippen molar-refractivity contribution in [2.24, 2.45) is 0 Å². The third-order valence-electron chi connectivity index (χ3n) is 8.15. The number of aliphatic hydroxyl groups is 7. The van der Waals surface area contributed by atoms with Crippen molar-refractivity contribution >= 4 is 0 Å². The fraction of sp³-hybridized carbons (Fsp3) is 0.452. The second-order valence-corrected chi connectivity index (χ2v) is 10.9. The maximum absolute atomic E-state index is 10.6. The Morgan fingerprint density at radius 1 is 0.659 bits per heavy atom. The molecule has 0 saturated carbocycles. The van der Waals surface area contributed by atoms with Crippen LogP contribution in [0.4, 0.5) is 0 Å². The van der Waals surface area contributed by atoms with Crippen molar-refractivity contribution < 1.29 is 45.2 Å². The van der Waals surface area contributed by atoms with Crippen LogP contribution in [0.2, 0.25) is 0 Å². The van der Waals surface area contributed by atoms with E-state index >= 15 is 0 Å². The van der Waals surface area contributed by atoms with Gasteiger partial charge in [0, 0.05) is 17.5 Å². The molecule has 3 aromatic rings. The summed E-state index contributed by atoms with van der Waals surface area (Å²) in [5.74, 6) is 0. The molecule has 3 heterocycles. The zero-order chi connectivity index (χ0) is 29.4. The van der Waals surface area contributed by atoms with Crippen LogP contribution in [0.25, 0.3) is 22.5 Å². The average Bonchev–Trinajstić information content (AvgIpc) is 2.97. The summed E-state index contributed by atoms with van der Waals surface area (Å²) in [6, 6.07) is 17.0. The van der Waals surface area contributed by atoms with E-state index in [9.17, 15) is 35.7 Å². The summed E-state index contributed by atoms with van der Waals surface area (Å²) in [4.78, 5) is 4.86. The van der Waals surface area contributed by atoms with Gasteiger partial charge in [-0.3, -0.25) is 0 Å². The quantitative estimate of drug-likeness (QED) is 0.229. The lowest BCUT2D eigenvalue weighted by Gasteiger charge is -2.40. The number of ether oxygens (including phenoxy) is 2. The molecule has 2 aromatic carbocycles. The Kier molecular flexibility index (Phi) is 8.86. The van der Waals surface area contributed by atoms with E-state index in [0.29, 0.717) is 5.56 Å². The van der Waals surface area contributed by atoms with Crippen LogP contribution in [0, 0.1) is 13.8 Å². The molecule has 2 aliphatic heterocycles. The van der Waals surface area contributed by atoms with Crippen LogP contribution in [0.5, 0.6) is 0 Å². The molecule has 0 aliphatic carbocycles. The molecule has 9 atom stereocenters. The molecular formula is C31H37NO9. The summed E-state index contributed by atoms with van der Waals surface area (Å²) in [5.41, 5.74) is 6.24. The predicted octanol–water partition coefficient (Wildman–Crippen LogP) is 1.09. The number of nitrogens with zero attached hydrogens (tertiary/aromatic N) is 1. The van der Waals surface area contributed by atoms with Gasteiger partial charge in [0.05, 0.1) is 36.8 Å². The van der Waals surface area contributed by atoms with Gasteiger partial charge in [-0.2, -0.15) is 0 Å². The molecule has 5 unspecified atom stereocenters. The molecule has 41 heavy (non-hydrogen) atoms. The van der Waals surface area contributed by atoms with Crippen molar-refractivity contribution in [1.29, 1.82) is 0 Å². The minimum Gasteiger partial charge on any atom is -0.394 e. The molecule has 10 heteroatoms. The van der Waals surface area contributed by atoms with E-state index in [2.05, 4.69) is 0 Å². The standard InChI is InChI=1S/C31H37NO9/c1-15-10-17(6-8-19(15)30-24(36)12-23(35)25(13-33)40-30)21-4-3-5-22(32-21)18-7-9-20(16(2)11-18)31-29(39)28(38)27(37)26(14-34)41-31/h3-11,23-31,33-39H,12-14H2,1-2H3/t23?,24-,25+,26?,27+,28?,29?,30?,31+/m0/s1. The highest BCUT2D eigenvalue weighted by Crippen LogP contribution is 2.37. The number of pyridine rings is 1. The molecule has 7 N–H and O–H groups in total. The van der Waals surface area contributed by atoms with Gasteiger partial charge < -0.3 is 45.2 Å². The zero-order valence-corrected chi connectivity index (χ0v) is 22.9. The van der Waals surface area contributed by atoms with Crippen LogP contribution >= 0.6 is 0 Å². The molecule has 5 rings (SSSR count). The van der Waals surface area contributed by atoms with E-state index in [0.717, 1.165) is 39.2 Å². The highest BCUT2D eigenvalue weighted by molar-refractivity contribution is 5.68. The Hall–Kier alpha value is -2.77. The molecule has 2 fully saturated rings. The monoisotopic (exact) mass is 567 g/mol. The van der Waals surface area contributed by atoms with Crippen LogP contribution in [-0.4, -0.2) is 96.7 Å². The molecule has 0 radical (unpaired) electrons. The first-order chi connectivity index (χ1) is 19.6. The molecular weight excluding hydrogens is 530 g/mol. The van der Waals surface area contributed by atoms with Crippen molar-refractivity contribution in [3.05, 3.63) is 76.9 Å². The summed E-state index contributed by atoms with van der Waals surface area (Å²) in [5, 5.41) is 70.5. The third kappa shape index (κ3) is 5.80. The Morgan fingerprint density at radius 3 is 1.73 bits per heavy atom. The lowest BCUT2D eigenvalue weighted by Crippen LogP contribution is -2.55. The highest BCUT2D eigenvalue weighted by atomic mass is 16.5. The largest absolute Gasteiger partial charge is 0.394 e. The molecule has 0 bridgehead atoms. The van der Waals surface area contributed by atoms with Crippen LogP contribution in [-0.2, 0) is 9.47 Å². The normalized spacial score (nSPS) is 32.2. The molecule has 1 aromatic heterocycles. The summed E-state index contributed by atoms with van der Waals surface area (Å²) in [6.07, 6.45) is -9.23. The Morgan fingerprint density at radius 2 is 1.20 bits per heavy atom. The molecule has 0 amide bonds. The Labute approximate surface area is 238 Å². The first-order valence-corrected chi connectivity index (χ1v) is 13.7. The second-order valence-electron chi connectivity index (χ2n) is 10.9. The van der Waals surface area contributed by atoms with Gasteiger partial charge in [0.15, 0.2) is 0 Å². The minimum atomic E-state index is -1.45. The second kappa shape index (κ2) is 12.2. The molecule has 0 spiro atoms. The fourth-order valence-electron chi connectivity index (χ4n) is 5.76. The van der Waals surface area contributed by atoms with E-state index < -0.39 is 61.5 Å². The summed E-state index contributed by atoms with van der Waals surface area (Å²) >= 11 is 0. The van der Waals surface area contributed by atoms with Gasteiger partial charge in [0.2, 0.25) is 0 Å². The van der Waals surface area contributed by atoms with Crippen LogP contribution in [0.1, 0.15) is 40.9 Å². The molecule has 10 nitrogen and oxygen atoms in total.